The summed E-state index contributed by atoms with van der Waals surface area (Å²) in [6.45, 7) is 5.55. The van der Waals surface area contributed by atoms with Gasteiger partial charge in [-0.2, -0.15) is 0 Å². The first kappa shape index (κ1) is 29.7. The van der Waals surface area contributed by atoms with Crippen LogP contribution in [0.25, 0.3) is 10.2 Å². The molecule has 2 aliphatic rings. The molecule has 0 saturated carbocycles. The van der Waals surface area contributed by atoms with Crippen molar-refractivity contribution in [2.75, 3.05) is 65.3 Å². The van der Waals surface area contributed by atoms with Crippen molar-refractivity contribution in [3.8, 4) is 11.5 Å². The number of carbonyl (C=O) groups is 3. The van der Waals surface area contributed by atoms with Gasteiger partial charge in [-0.1, -0.05) is 23.5 Å². The fraction of sp³-hybridized carbons (Fsp3) is 0.419. The molecule has 2 aromatic carbocycles. The number of rotatable bonds is 9. The number of para-hydroxylation sites is 1. The number of likely N-dealkylation sites (N-methyl/N-ethyl adjacent to an activating group) is 1. The number of nitrogens with one attached hydrogen (secondary N) is 1. The Bertz CT molecular complexity index is 1420. The van der Waals surface area contributed by atoms with E-state index < -0.39 is 0 Å². The molecule has 2 amide bonds. The van der Waals surface area contributed by atoms with E-state index in [1.54, 1.807) is 18.2 Å². The standard InChI is InChI=1S/C31H37N5O5S/c1-34-14-5-15-35(19-18-34)23-12-16-36(17-13-23)30(39)11-9-25(37)22-8-10-26(27(20-22)40-2)41-21-29(38)33-31-32-24-6-3-4-7-28(24)42-31/h3-4,6-11,20,23H,5,12-19,21H2,1-2H3,(H,32,33,38). The molecule has 3 heterocycles. The summed E-state index contributed by atoms with van der Waals surface area (Å²) in [5, 5.41) is 3.24. The number of allylic oxidation sites excluding steroid dienone is 1. The van der Waals surface area contributed by atoms with E-state index in [4.69, 9.17) is 9.47 Å². The Morgan fingerprint density at radius 2 is 1.81 bits per heavy atom. The Balaban J connectivity index is 1.10. The first-order chi connectivity index (χ1) is 20.4. The third-order valence-corrected chi connectivity index (χ3v) is 8.72. The second-order valence-electron chi connectivity index (χ2n) is 10.6. The van der Waals surface area contributed by atoms with Crippen LogP contribution in [-0.4, -0.2) is 103 Å². The van der Waals surface area contributed by atoms with Crippen LogP contribution in [0.1, 0.15) is 29.6 Å². The van der Waals surface area contributed by atoms with Gasteiger partial charge in [-0.05, 0) is 75.8 Å². The Hall–Kier alpha value is -3.80. The van der Waals surface area contributed by atoms with Crippen molar-refractivity contribution in [3.05, 3.63) is 60.2 Å². The van der Waals surface area contributed by atoms with Gasteiger partial charge in [0.15, 0.2) is 29.0 Å². The number of methoxy groups -OCH3 is 1. The van der Waals surface area contributed by atoms with Crippen molar-refractivity contribution in [1.29, 1.82) is 0 Å². The van der Waals surface area contributed by atoms with Crippen LogP contribution in [0.2, 0.25) is 0 Å². The minimum absolute atomic E-state index is 0.150. The summed E-state index contributed by atoms with van der Waals surface area (Å²) in [4.78, 5) is 49.2. The third-order valence-electron chi connectivity index (χ3n) is 7.77. The SMILES string of the molecule is COc1cc(C(=O)C=CC(=O)N2CCC(N3CCCN(C)CC3)CC2)ccc1OCC(=O)Nc1nc2ccccc2s1. The maximum Gasteiger partial charge on any atom is 0.264 e. The van der Waals surface area contributed by atoms with Crippen LogP contribution >= 0.6 is 11.3 Å². The maximum atomic E-state index is 12.8. The minimum atomic E-state index is -0.360. The lowest BCUT2D eigenvalue weighted by Gasteiger charge is -2.37. The fourth-order valence-electron chi connectivity index (χ4n) is 5.40. The van der Waals surface area contributed by atoms with Gasteiger partial charge < -0.3 is 19.3 Å². The van der Waals surface area contributed by atoms with Crippen LogP contribution in [0.4, 0.5) is 5.13 Å². The van der Waals surface area contributed by atoms with Crippen LogP contribution in [0.5, 0.6) is 11.5 Å². The smallest absolute Gasteiger partial charge is 0.264 e. The van der Waals surface area contributed by atoms with Crippen molar-refractivity contribution in [2.24, 2.45) is 0 Å². The number of nitrogens with zero attached hydrogens (tertiary/aromatic N) is 4. The van der Waals surface area contributed by atoms with Gasteiger partial charge in [-0.3, -0.25) is 24.6 Å². The van der Waals surface area contributed by atoms with E-state index in [1.165, 1.54) is 37.0 Å². The zero-order valence-corrected chi connectivity index (χ0v) is 24.9. The van der Waals surface area contributed by atoms with Crippen molar-refractivity contribution in [3.63, 3.8) is 0 Å². The van der Waals surface area contributed by atoms with Gasteiger partial charge in [0.2, 0.25) is 5.91 Å². The van der Waals surface area contributed by atoms with Gasteiger partial charge in [0.1, 0.15) is 0 Å². The average molecular weight is 592 g/mol. The zero-order chi connectivity index (χ0) is 29.5. The first-order valence-electron chi connectivity index (χ1n) is 14.3. The lowest BCUT2D eigenvalue weighted by molar-refractivity contribution is -0.127. The van der Waals surface area contributed by atoms with Crippen LogP contribution < -0.4 is 14.8 Å². The molecule has 42 heavy (non-hydrogen) atoms. The number of ether oxygens (including phenoxy) is 2. The van der Waals surface area contributed by atoms with Gasteiger partial charge in [0, 0.05) is 43.9 Å². The second-order valence-corrected chi connectivity index (χ2v) is 11.7. The lowest BCUT2D eigenvalue weighted by atomic mass is 10.0. The molecular formula is C31H37N5O5S. The molecule has 0 atom stereocenters. The summed E-state index contributed by atoms with van der Waals surface area (Å²) in [6, 6.07) is 12.9. The summed E-state index contributed by atoms with van der Waals surface area (Å²) < 4.78 is 12.0. The molecule has 2 aliphatic heterocycles. The molecule has 1 N–H and O–H groups in total. The van der Waals surface area contributed by atoms with Crippen molar-refractivity contribution in [2.45, 2.75) is 25.3 Å². The summed E-state index contributed by atoms with van der Waals surface area (Å²) >= 11 is 1.38. The molecule has 10 nitrogen and oxygen atoms in total. The number of benzene rings is 2. The molecule has 0 unspecified atom stereocenters. The number of carbonyl (C=O) groups excluding carboxylic acids is 3. The first-order valence-corrected chi connectivity index (χ1v) is 15.1. The molecule has 3 aromatic rings. The van der Waals surface area contributed by atoms with Crippen molar-refractivity contribution >= 4 is 44.3 Å². The number of fused-ring (bicyclic) bond motifs is 1. The highest BCUT2D eigenvalue weighted by molar-refractivity contribution is 7.22. The van der Waals surface area contributed by atoms with E-state index in [9.17, 15) is 14.4 Å². The van der Waals surface area contributed by atoms with Crippen LogP contribution in [-0.2, 0) is 9.59 Å². The number of thiazole rings is 1. The molecular weight excluding hydrogens is 554 g/mol. The molecule has 0 spiro atoms. The predicted octanol–water partition coefficient (Wildman–Crippen LogP) is 3.69. The monoisotopic (exact) mass is 591 g/mol. The predicted molar refractivity (Wildman–Crippen MR) is 163 cm³/mol. The molecule has 0 radical (unpaired) electrons. The van der Waals surface area contributed by atoms with E-state index in [1.807, 2.05) is 29.2 Å². The highest BCUT2D eigenvalue weighted by Gasteiger charge is 2.27. The number of hydrogen-bond acceptors (Lipinski definition) is 9. The lowest BCUT2D eigenvalue weighted by Crippen LogP contribution is -2.47. The Labute approximate surface area is 249 Å². The molecule has 2 fully saturated rings. The molecule has 1 aromatic heterocycles. The number of hydrogen-bond donors (Lipinski definition) is 1. The van der Waals surface area contributed by atoms with E-state index in [0.29, 0.717) is 41.3 Å². The van der Waals surface area contributed by atoms with E-state index >= 15 is 0 Å². The fourth-order valence-corrected chi connectivity index (χ4v) is 6.28. The highest BCUT2D eigenvalue weighted by Crippen LogP contribution is 2.29. The summed E-state index contributed by atoms with van der Waals surface area (Å²) in [6.07, 6.45) is 5.74. The van der Waals surface area contributed by atoms with Gasteiger partial charge in [0.25, 0.3) is 5.91 Å². The Morgan fingerprint density at radius 1 is 1.00 bits per heavy atom. The maximum absolute atomic E-state index is 12.8. The highest BCUT2D eigenvalue weighted by atomic mass is 32.1. The average Bonchev–Trinajstić information content (AvgIpc) is 3.29. The molecule has 2 saturated heterocycles. The van der Waals surface area contributed by atoms with E-state index in [2.05, 4.69) is 27.1 Å². The van der Waals surface area contributed by atoms with Crippen LogP contribution in [0, 0.1) is 0 Å². The molecule has 0 aliphatic carbocycles. The molecule has 5 rings (SSSR count). The number of anilines is 1. The Morgan fingerprint density at radius 3 is 2.60 bits per heavy atom. The molecule has 222 valence electrons. The van der Waals surface area contributed by atoms with Crippen molar-refractivity contribution in [1.82, 2.24) is 19.7 Å². The normalized spacial score (nSPS) is 17.3. The van der Waals surface area contributed by atoms with Crippen LogP contribution in [0.3, 0.4) is 0 Å². The quantitative estimate of drug-likeness (QED) is 0.297. The topological polar surface area (TPSA) is 104 Å². The van der Waals surface area contributed by atoms with Gasteiger partial charge in [-0.25, -0.2) is 4.98 Å². The number of amides is 2. The zero-order valence-electron chi connectivity index (χ0n) is 24.1. The third kappa shape index (κ3) is 7.53. The summed E-state index contributed by atoms with van der Waals surface area (Å²) in [7, 11) is 3.63. The summed E-state index contributed by atoms with van der Waals surface area (Å²) in [5.41, 5.74) is 1.17. The number of aromatic nitrogens is 1. The van der Waals surface area contributed by atoms with Gasteiger partial charge in [-0.15, -0.1) is 0 Å². The largest absolute Gasteiger partial charge is 0.493 e. The minimum Gasteiger partial charge on any atom is -0.493 e. The Kier molecular flexibility index (Phi) is 9.83. The second kappa shape index (κ2) is 13.9. The van der Waals surface area contributed by atoms with Gasteiger partial charge >= 0.3 is 0 Å². The van der Waals surface area contributed by atoms with E-state index in [0.717, 1.165) is 49.2 Å². The van der Waals surface area contributed by atoms with Crippen LogP contribution in [0.15, 0.2) is 54.6 Å². The number of likely N-dealkylation sites (tertiary alicyclic amines) is 1. The van der Waals surface area contributed by atoms with Gasteiger partial charge in [0.05, 0.1) is 17.3 Å². The number of piperidine rings is 1. The molecule has 0 bridgehead atoms. The number of ketones is 1. The molecule has 11 heteroatoms. The summed E-state index contributed by atoms with van der Waals surface area (Å²) in [5.74, 6) is -0.183. The van der Waals surface area contributed by atoms with Crippen molar-refractivity contribution < 1.29 is 23.9 Å². The van der Waals surface area contributed by atoms with E-state index in [-0.39, 0.29) is 24.2 Å².